The van der Waals surface area contributed by atoms with Gasteiger partial charge >= 0.3 is 0 Å². The van der Waals surface area contributed by atoms with Crippen molar-refractivity contribution in [2.45, 2.75) is 57.4 Å². The molecule has 0 heterocycles. The third kappa shape index (κ3) is 2.42. The first-order valence-electron chi connectivity index (χ1n) is 7.80. The number of amides is 1. The second kappa shape index (κ2) is 5.20. The van der Waals surface area contributed by atoms with Crippen LogP contribution >= 0.6 is 0 Å². The van der Waals surface area contributed by atoms with E-state index < -0.39 is 0 Å². The van der Waals surface area contributed by atoms with E-state index >= 15 is 0 Å². The van der Waals surface area contributed by atoms with Gasteiger partial charge in [-0.3, -0.25) is 4.79 Å². The highest BCUT2D eigenvalue weighted by Gasteiger charge is 2.49. The van der Waals surface area contributed by atoms with Crippen LogP contribution < -0.4 is 5.73 Å². The van der Waals surface area contributed by atoms with E-state index in [1.807, 2.05) is 0 Å². The fourth-order valence-electron chi connectivity index (χ4n) is 4.16. The topological polar surface area (TPSA) is 46.3 Å². The molecular formula is C15H26N2O. The maximum atomic E-state index is 12.7. The largest absolute Gasteiger partial charge is 0.338 e. The number of nitrogens with two attached hydrogens (primary N) is 1. The molecule has 3 nitrogen and oxygen atoms in total. The van der Waals surface area contributed by atoms with Crippen LogP contribution in [0, 0.1) is 17.8 Å². The monoisotopic (exact) mass is 250 g/mol. The summed E-state index contributed by atoms with van der Waals surface area (Å²) in [7, 11) is 0. The molecule has 3 aliphatic carbocycles. The molecule has 3 saturated carbocycles. The quantitative estimate of drug-likeness (QED) is 0.831. The minimum atomic E-state index is 0.335. The Kier molecular flexibility index (Phi) is 3.60. The summed E-state index contributed by atoms with van der Waals surface area (Å²) in [5.74, 6) is 2.55. The summed E-state index contributed by atoms with van der Waals surface area (Å²) in [6.45, 7) is 1.39. The Morgan fingerprint density at radius 2 is 1.72 bits per heavy atom. The Bertz CT molecular complexity index is 302. The lowest BCUT2D eigenvalue weighted by Crippen LogP contribution is -2.46. The molecule has 3 aliphatic rings. The van der Waals surface area contributed by atoms with Crippen LogP contribution in [-0.2, 0) is 4.79 Å². The van der Waals surface area contributed by atoms with Gasteiger partial charge in [0, 0.05) is 25.0 Å². The van der Waals surface area contributed by atoms with Crippen LogP contribution in [-0.4, -0.2) is 29.9 Å². The summed E-state index contributed by atoms with van der Waals surface area (Å²) < 4.78 is 0. The Morgan fingerprint density at radius 1 is 1.06 bits per heavy atom. The smallest absolute Gasteiger partial charge is 0.225 e. The molecule has 0 saturated heterocycles. The molecule has 0 radical (unpaired) electrons. The minimum Gasteiger partial charge on any atom is -0.338 e. The van der Waals surface area contributed by atoms with E-state index in [1.54, 1.807) is 0 Å². The summed E-state index contributed by atoms with van der Waals surface area (Å²) in [4.78, 5) is 14.8. The van der Waals surface area contributed by atoms with Gasteiger partial charge in [0.15, 0.2) is 0 Å². The molecule has 0 aromatic carbocycles. The summed E-state index contributed by atoms with van der Waals surface area (Å²) in [6.07, 6.45) is 10.0. The van der Waals surface area contributed by atoms with Gasteiger partial charge in [-0.15, -0.1) is 0 Å². The molecule has 18 heavy (non-hydrogen) atoms. The van der Waals surface area contributed by atoms with Crippen LogP contribution in [0.1, 0.15) is 51.4 Å². The van der Waals surface area contributed by atoms with Crippen molar-refractivity contribution in [2.24, 2.45) is 23.5 Å². The van der Waals surface area contributed by atoms with E-state index in [-0.39, 0.29) is 0 Å². The molecule has 3 rings (SSSR count). The summed E-state index contributed by atoms with van der Waals surface area (Å²) in [5.41, 5.74) is 5.71. The third-order valence-corrected chi connectivity index (χ3v) is 5.26. The highest BCUT2D eigenvalue weighted by molar-refractivity contribution is 5.79. The van der Waals surface area contributed by atoms with Gasteiger partial charge in [-0.25, -0.2) is 0 Å². The minimum absolute atomic E-state index is 0.335. The Labute approximate surface area is 110 Å². The molecule has 2 N–H and O–H groups in total. The maximum absolute atomic E-state index is 12.7. The van der Waals surface area contributed by atoms with Gasteiger partial charge in [0.25, 0.3) is 0 Å². The highest BCUT2D eigenvalue weighted by atomic mass is 16.2. The van der Waals surface area contributed by atoms with E-state index in [1.165, 1.54) is 38.5 Å². The standard InChI is InChI=1S/C15H26N2O/c16-6-7-17(14-4-2-1-3-5-14)15(18)13-9-11-8-12(11)10-13/h11-14H,1-10,16H2. The Morgan fingerprint density at radius 3 is 2.33 bits per heavy atom. The molecule has 0 aromatic heterocycles. The van der Waals surface area contributed by atoms with Crippen LogP contribution in [0.15, 0.2) is 0 Å². The second-order valence-electron chi connectivity index (χ2n) is 6.54. The molecule has 1 amide bonds. The number of carbonyl (C=O) groups is 1. The van der Waals surface area contributed by atoms with Crippen molar-refractivity contribution in [3.8, 4) is 0 Å². The van der Waals surface area contributed by atoms with E-state index in [2.05, 4.69) is 4.90 Å². The van der Waals surface area contributed by atoms with Crippen molar-refractivity contribution < 1.29 is 4.79 Å². The van der Waals surface area contributed by atoms with Crippen LogP contribution in [0.4, 0.5) is 0 Å². The predicted molar refractivity (Wildman–Crippen MR) is 72.0 cm³/mol. The Hall–Kier alpha value is -0.570. The van der Waals surface area contributed by atoms with Gasteiger partial charge in [-0.05, 0) is 43.9 Å². The van der Waals surface area contributed by atoms with Crippen molar-refractivity contribution in [2.75, 3.05) is 13.1 Å². The van der Waals surface area contributed by atoms with Crippen LogP contribution in [0.25, 0.3) is 0 Å². The normalized spacial score (nSPS) is 35.3. The molecule has 0 aliphatic heterocycles. The summed E-state index contributed by atoms with van der Waals surface area (Å²) in [6, 6.07) is 0.492. The average molecular weight is 250 g/mol. The number of nitrogens with zero attached hydrogens (tertiary/aromatic N) is 1. The molecule has 2 atom stereocenters. The number of fused-ring (bicyclic) bond motifs is 1. The van der Waals surface area contributed by atoms with Crippen molar-refractivity contribution in [1.82, 2.24) is 4.90 Å². The molecule has 102 valence electrons. The van der Waals surface area contributed by atoms with Gasteiger partial charge in [-0.2, -0.15) is 0 Å². The van der Waals surface area contributed by atoms with Gasteiger partial charge in [0.1, 0.15) is 0 Å². The van der Waals surface area contributed by atoms with Gasteiger partial charge in [0.2, 0.25) is 5.91 Å². The van der Waals surface area contributed by atoms with Gasteiger partial charge in [-0.1, -0.05) is 19.3 Å². The molecule has 0 bridgehead atoms. The first-order valence-corrected chi connectivity index (χ1v) is 7.80. The number of hydrogen-bond acceptors (Lipinski definition) is 2. The third-order valence-electron chi connectivity index (χ3n) is 5.26. The predicted octanol–water partition coefficient (Wildman–Crippen LogP) is 2.15. The van der Waals surface area contributed by atoms with Crippen molar-refractivity contribution in [3.05, 3.63) is 0 Å². The fraction of sp³-hybridized carbons (Fsp3) is 0.933. The van der Waals surface area contributed by atoms with Gasteiger partial charge in [0.05, 0.1) is 0 Å². The number of hydrogen-bond donors (Lipinski definition) is 1. The van der Waals surface area contributed by atoms with E-state index in [0.29, 0.717) is 24.4 Å². The van der Waals surface area contributed by atoms with Crippen molar-refractivity contribution >= 4 is 5.91 Å². The average Bonchev–Trinajstić information content (AvgIpc) is 3.03. The van der Waals surface area contributed by atoms with Crippen molar-refractivity contribution in [3.63, 3.8) is 0 Å². The van der Waals surface area contributed by atoms with E-state index in [4.69, 9.17) is 5.73 Å². The molecular weight excluding hydrogens is 224 g/mol. The number of rotatable bonds is 4. The SMILES string of the molecule is NCCN(C(=O)C1CC2CC2C1)C1CCCCC1. The lowest BCUT2D eigenvalue weighted by atomic mass is 9.92. The highest BCUT2D eigenvalue weighted by Crippen LogP contribution is 2.54. The molecule has 3 heteroatoms. The summed E-state index contributed by atoms with van der Waals surface area (Å²) in [5, 5.41) is 0. The molecule has 0 aromatic rings. The first kappa shape index (κ1) is 12.5. The number of carbonyl (C=O) groups excluding carboxylic acids is 1. The van der Waals surface area contributed by atoms with E-state index in [9.17, 15) is 4.79 Å². The molecule has 0 spiro atoms. The second-order valence-corrected chi connectivity index (χ2v) is 6.54. The van der Waals surface area contributed by atoms with Crippen LogP contribution in [0.2, 0.25) is 0 Å². The lowest BCUT2D eigenvalue weighted by Gasteiger charge is -2.36. The van der Waals surface area contributed by atoms with Crippen molar-refractivity contribution in [1.29, 1.82) is 0 Å². The fourth-order valence-corrected chi connectivity index (χ4v) is 4.16. The summed E-state index contributed by atoms with van der Waals surface area (Å²) >= 11 is 0. The molecule has 2 unspecified atom stereocenters. The maximum Gasteiger partial charge on any atom is 0.225 e. The first-order chi connectivity index (χ1) is 8.79. The van der Waals surface area contributed by atoms with Crippen LogP contribution in [0.5, 0.6) is 0 Å². The zero-order valence-electron chi connectivity index (χ0n) is 11.3. The molecule has 3 fully saturated rings. The zero-order chi connectivity index (χ0) is 12.5. The van der Waals surface area contributed by atoms with Crippen LogP contribution in [0.3, 0.4) is 0 Å². The zero-order valence-corrected chi connectivity index (χ0v) is 11.3. The lowest BCUT2D eigenvalue weighted by molar-refractivity contribution is -0.138. The van der Waals surface area contributed by atoms with Gasteiger partial charge < -0.3 is 10.6 Å². The Balaban J connectivity index is 1.62. The van der Waals surface area contributed by atoms with E-state index in [0.717, 1.165) is 31.2 Å².